The molecule has 1 unspecified atom stereocenters. The molecule has 0 amide bonds. The van der Waals surface area contributed by atoms with E-state index in [1.54, 1.807) is 0 Å². The van der Waals surface area contributed by atoms with Crippen LogP contribution in [0.25, 0.3) is 0 Å². The predicted molar refractivity (Wildman–Crippen MR) is 62.4 cm³/mol. The highest BCUT2D eigenvalue weighted by Gasteiger charge is 2.48. The molecule has 2 rings (SSSR count). The lowest BCUT2D eigenvalue weighted by Crippen LogP contribution is -2.56. The molecule has 0 saturated carbocycles. The van der Waals surface area contributed by atoms with Crippen LogP contribution in [0.4, 0.5) is 0 Å². The number of nitrogens with zero attached hydrogens (tertiary/aromatic N) is 1. The second-order valence-corrected chi connectivity index (χ2v) is 5.02. The summed E-state index contributed by atoms with van der Waals surface area (Å²) in [4.78, 5) is 13.9. The Morgan fingerprint density at radius 1 is 1.50 bits per heavy atom. The number of piperidine rings is 1. The number of nitrogens with one attached hydrogen (secondary N) is 1. The van der Waals surface area contributed by atoms with E-state index in [2.05, 4.69) is 17.1 Å². The van der Waals surface area contributed by atoms with E-state index in [1.807, 2.05) is 0 Å². The number of hydrogen-bond donors (Lipinski definition) is 2. The van der Waals surface area contributed by atoms with Crippen molar-refractivity contribution in [3.05, 3.63) is 0 Å². The molecular weight excluding hydrogens is 204 g/mol. The number of aliphatic carboxylic acids is 1. The maximum Gasteiger partial charge on any atom is 0.324 e. The summed E-state index contributed by atoms with van der Waals surface area (Å²) in [5.41, 5.74) is -0.611. The largest absolute Gasteiger partial charge is 0.480 e. The summed E-state index contributed by atoms with van der Waals surface area (Å²) in [6, 6.07) is 0. The number of carboxylic acid groups (broad SMARTS) is 1. The third-order valence-corrected chi connectivity index (χ3v) is 4.30. The van der Waals surface area contributed by atoms with Gasteiger partial charge in [-0.15, -0.1) is 0 Å². The molecule has 2 aliphatic heterocycles. The van der Waals surface area contributed by atoms with Gasteiger partial charge in [0.1, 0.15) is 5.54 Å². The maximum atomic E-state index is 11.5. The highest BCUT2D eigenvalue weighted by Crippen LogP contribution is 2.35. The van der Waals surface area contributed by atoms with Gasteiger partial charge in [-0.3, -0.25) is 4.79 Å². The lowest BCUT2D eigenvalue weighted by Gasteiger charge is -2.39. The van der Waals surface area contributed by atoms with Crippen molar-refractivity contribution < 1.29 is 9.90 Å². The van der Waals surface area contributed by atoms with Crippen molar-refractivity contribution in [3.8, 4) is 0 Å². The van der Waals surface area contributed by atoms with Gasteiger partial charge in [0.15, 0.2) is 0 Å². The summed E-state index contributed by atoms with van der Waals surface area (Å²) >= 11 is 0. The van der Waals surface area contributed by atoms with Crippen LogP contribution in [-0.4, -0.2) is 47.7 Å². The van der Waals surface area contributed by atoms with Crippen molar-refractivity contribution in [1.29, 1.82) is 0 Å². The number of rotatable bonds is 3. The van der Waals surface area contributed by atoms with Gasteiger partial charge in [0.25, 0.3) is 0 Å². The van der Waals surface area contributed by atoms with Crippen molar-refractivity contribution in [2.75, 3.05) is 26.2 Å². The normalized spacial score (nSPS) is 33.1. The monoisotopic (exact) mass is 226 g/mol. The van der Waals surface area contributed by atoms with Crippen LogP contribution in [0.3, 0.4) is 0 Å². The minimum atomic E-state index is -0.639. The molecule has 16 heavy (non-hydrogen) atoms. The van der Waals surface area contributed by atoms with Gasteiger partial charge in [0, 0.05) is 0 Å². The van der Waals surface area contributed by atoms with E-state index in [9.17, 15) is 9.90 Å². The summed E-state index contributed by atoms with van der Waals surface area (Å²) in [5, 5.41) is 12.7. The van der Waals surface area contributed by atoms with E-state index in [1.165, 1.54) is 0 Å². The van der Waals surface area contributed by atoms with E-state index in [0.29, 0.717) is 5.92 Å². The van der Waals surface area contributed by atoms with E-state index in [0.717, 1.165) is 51.9 Å². The number of carboxylic acids is 1. The second kappa shape index (κ2) is 4.72. The Morgan fingerprint density at radius 3 is 2.62 bits per heavy atom. The average molecular weight is 226 g/mol. The Labute approximate surface area is 97.0 Å². The fourth-order valence-corrected chi connectivity index (χ4v) is 3.21. The van der Waals surface area contributed by atoms with Crippen LogP contribution in [0.2, 0.25) is 0 Å². The third-order valence-electron chi connectivity index (χ3n) is 4.30. The van der Waals surface area contributed by atoms with E-state index >= 15 is 0 Å². The van der Waals surface area contributed by atoms with Gasteiger partial charge in [-0.25, -0.2) is 0 Å². The molecule has 0 aromatic rings. The quantitative estimate of drug-likeness (QED) is 0.751. The van der Waals surface area contributed by atoms with Crippen LogP contribution >= 0.6 is 0 Å². The number of hydrogen-bond acceptors (Lipinski definition) is 3. The van der Waals surface area contributed by atoms with E-state index in [4.69, 9.17) is 0 Å². The van der Waals surface area contributed by atoms with Gasteiger partial charge >= 0.3 is 5.97 Å². The first-order chi connectivity index (χ1) is 7.69. The van der Waals surface area contributed by atoms with Crippen molar-refractivity contribution in [1.82, 2.24) is 10.2 Å². The zero-order valence-corrected chi connectivity index (χ0v) is 10.0. The molecule has 0 aromatic carbocycles. The highest BCUT2D eigenvalue weighted by atomic mass is 16.4. The smallest absolute Gasteiger partial charge is 0.324 e. The topological polar surface area (TPSA) is 52.6 Å². The summed E-state index contributed by atoms with van der Waals surface area (Å²) in [6.07, 6.45) is 3.85. The Morgan fingerprint density at radius 2 is 2.19 bits per heavy atom. The van der Waals surface area contributed by atoms with Crippen molar-refractivity contribution in [2.45, 2.75) is 38.1 Å². The Kier molecular flexibility index (Phi) is 3.50. The SMILES string of the molecule is CCN1CCC(C2(C(=O)O)CCCN2)CC1. The molecule has 0 spiro atoms. The summed E-state index contributed by atoms with van der Waals surface area (Å²) < 4.78 is 0. The van der Waals surface area contributed by atoms with Gasteiger partial charge in [-0.2, -0.15) is 0 Å². The van der Waals surface area contributed by atoms with Crippen LogP contribution in [0.15, 0.2) is 0 Å². The van der Waals surface area contributed by atoms with Crippen molar-refractivity contribution >= 4 is 5.97 Å². The van der Waals surface area contributed by atoms with Crippen LogP contribution in [-0.2, 0) is 4.79 Å². The van der Waals surface area contributed by atoms with E-state index < -0.39 is 11.5 Å². The molecule has 0 radical (unpaired) electrons. The first kappa shape index (κ1) is 11.9. The van der Waals surface area contributed by atoms with Crippen molar-refractivity contribution in [2.24, 2.45) is 5.92 Å². The maximum absolute atomic E-state index is 11.5. The molecule has 4 heteroatoms. The molecule has 1 atom stereocenters. The van der Waals surface area contributed by atoms with Gasteiger partial charge < -0.3 is 15.3 Å². The zero-order valence-electron chi connectivity index (χ0n) is 10.0. The fourth-order valence-electron chi connectivity index (χ4n) is 3.21. The Bertz CT molecular complexity index is 254. The molecular formula is C12H22N2O2. The first-order valence-electron chi connectivity index (χ1n) is 6.40. The standard InChI is InChI=1S/C12H22N2O2/c1-2-14-8-4-10(5-9-14)12(11(15)16)6-3-7-13-12/h10,13H,2-9H2,1H3,(H,15,16). The number of carbonyl (C=O) groups is 1. The fraction of sp³-hybridized carbons (Fsp3) is 0.917. The Hall–Kier alpha value is -0.610. The molecule has 2 heterocycles. The molecule has 0 bridgehead atoms. The predicted octanol–water partition coefficient (Wildman–Crippen LogP) is 0.925. The molecule has 2 saturated heterocycles. The number of likely N-dealkylation sites (tertiary alicyclic amines) is 1. The van der Waals surface area contributed by atoms with E-state index in [-0.39, 0.29) is 0 Å². The molecule has 92 valence electrons. The molecule has 2 fully saturated rings. The van der Waals surface area contributed by atoms with Crippen LogP contribution in [0.5, 0.6) is 0 Å². The second-order valence-electron chi connectivity index (χ2n) is 5.02. The summed E-state index contributed by atoms with van der Waals surface area (Å²) in [7, 11) is 0. The third kappa shape index (κ3) is 1.96. The van der Waals surface area contributed by atoms with Crippen LogP contribution in [0.1, 0.15) is 32.6 Å². The van der Waals surface area contributed by atoms with Gasteiger partial charge in [0.05, 0.1) is 0 Å². The van der Waals surface area contributed by atoms with Crippen LogP contribution < -0.4 is 5.32 Å². The highest BCUT2D eigenvalue weighted by molar-refractivity contribution is 5.79. The Balaban J connectivity index is 2.03. The molecule has 0 aliphatic carbocycles. The van der Waals surface area contributed by atoms with Crippen LogP contribution in [0, 0.1) is 5.92 Å². The molecule has 2 N–H and O–H groups in total. The first-order valence-corrected chi connectivity index (χ1v) is 6.40. The molecule has 2 aliphatic rings. The lowest BCUT2D eigenvalue weighted by molar-refractivity contribution is -0.147. The molecule has 4 nitrogen and oxygen atoms in total. The van der Waals surface area contributed by atoms with Gasteiger partial charge in [-0.05, 0) is 57.8 Å². The van der Waals surface area contributed by atoms with Gasteiger partial charge in [0.2, 0.25) is 0 Å². The zero-order chi connectivity index (χ0) is 11.6. The summed E-state index contributed by atoms with van der Waals surface area (Å²) in [6.45, 7) is 6.22. The lowest BCUT2D eigenvalue weighted by atomic mass is 9.76. The molecule has 0 aromatic heterocycles. The minimum absolute atomic E-state index is 0.315. The van der Waals surface area contributed by atoms with Gasteiger partial charge in [-0.1, -0.05) is 6.92 Å². The van der Waals surface area contributed by atoms with Crippen molar-refractivity contribution in [3.63, 3.8) is 0 Å². The minimum Gasteiger partial charge on any atom is -0.480 e. The average Bonchev–Trinajstić information content (AvgIpc) is 2.79. The summed E-state index contributed by atoms with van der Waals surface area (Å²) in [5.74, 6) is -0.324.